The van der Waals surface area contributed by atoms with Crippen molar-refractivity contribution < 1.29 is 33.0 Å². The lowest BCUT2D eigenvalue weighted by atomic mass is 9.66. The number of nitrogens with one attached hydrogen (secondary N) is 1. The molecule has 0 bridgehead atoms. The quantitative estimate of drug-likeness (QED) is 0.803. The first-order valence-electron chi connectivity index (χ1n) is 7.02. The van der Waals surface area contributed by atoms with Crippen molar-refractivity contribution in [3.63, 3.8) is 0 Å². The Morgan fingerprint density at radius 1 is 1.39 bits per heavy atom. The summed E-state index contributed by atoms with van der Waals surface area (Å²) in [5.41, 5.74) is -1.05. The minimum atomic E-state index is -3.05. The lowest BCUT2D eigenvalue weighted by Crippen LogP contribution is -2.41. The zero-order valence-electron chi connectivity index (χ0n) is 12.5. The van der Waals surface area contributed by atoms with Gasteiger partial charge in [0, 0.05) is 12.5 Å². The van der Waals surface area contributed by atoms with Gasteiger partial charge in [-0.3, -0.25) is 9.59 Å². The van der Waals surface area contributed by atoms with Crippen molar-refractivity contribution in [1.82, 2.24) is 0 Å². The molecule has 0 aliphatic heterocycles. The van der Waals surface area contributed by atoms with Gasteiger partial charge < -0.3 is 19.9 Å². The lowest BCUT2D eigenvalue weighted by Gasteiger charge is -2.36. The number of halogens is 2. The number of carbonyl (C=O) groups excluding carboxylic acids is 1. The molecule has 1 fully saturated rings. The van der Waals surface area contributed by atoms with Crippen LogP contribution in [0.2, 0.25) is 0 Å². The van der Waals surface area contributed by atoms with Gasteiger partial charge in [0.1, 0.15) is 11.5 Å². The molecule has 0 saturated heterocycles. The molecule has 0 spiro atoms. The van der Waals surface area contributed by atoms with E-state index in [1.165, 1.54) is 25.3 Å². The van der Waals surface area contributed by atoms with Crippen LogP contribution in [0.25, 0.3) is 0 Å². The van der Waals surface area contributed by atoms with E-state index in [1.54, 1.807) is 0 Å². The highest BCUT2D eigenvalue weighted by Gasteiger charge is 2.45. The average Bonchev–Trinajstić information content (AvgIpc) is 2.43. The van der Waals surface area contributed by atoms with Crippen LogP contribution in [0.5, 0.6) is 11.5 Å². The van der Waals surface area contributed by atoms with Gasteiger partial charge in [-0.25, -0.2) is 0 Å². The van der Waals surface area contributed by atoms with Gasteiger partial charge in [0.15, 0.2) is 0 Å². The summed E-state index contributed by atoms with van der Waals surface area (Å²) in [4.78, 5) is 23.4. The van der Waals surface area contributed by atoms with E-state index in [9.17, 15) is 23.5 Å². The van der Waals surface area contributed by atoms with E-state index < -0.39 is 23.9 Å². The molecule has 1 saturated carbocycles. The molecule has 1 aromatic rings. The predicted molar refractivity (Wildman–Crippen MR) is 76.8 cm³/mol. The van der Waals surface area contributed by atoms with Crippen molar-refractivity contribution in [2.24, 2.45) is 5.41 Å². The number of aliphatic carboxylic acids is 1. The Hall–Kier alpha value is -2.38. The first kappa shape index (κ1) is 17.0. The normalized spacial score (nSPS) is 15.7. The number of hydrogen-bond acceptors (Lipinski definition) is 4. The number of methoxy groups -OCH3 is 1. The van der Waals surface area contributed by atoms with Crippen molar-refractivity contribution in [3.05, 3.63) is 18.2 Å². The molecule has 2 rings (SSSR count). The van der Waals surface area contributed by atoms with Crippen LogP contribution in [0.3, 0.4) is 0 Å². The molecule has 0 atom stereocenters. The standard InChI is InChI=1S/C15H17F2NO5/c1-22-9-3-4-11(23-14(16)17)10(7-9)18-12(19)8-15(13(20)21)5-2-6-15/h3-4,7,14H,2,5-6,8H2,1H3,(H,18,19)(H,20,21). The number of ether oxygens (including phenoxy) is 2. The second-order valence-corrected chi connectivity index (χ2v) is 5.40. The fourth-order valence-electron chi connectivity index (χ4n) is 2.50. The number of anilines is 1. The molecule has 2 N–H and O–H groups in total. The second kappa shape index (κ2) is 6.80. The van der Waals surface area contributed by atoms with E-state index in [4.69, 9.17) is 4.74 Å². The summed E-state index contributed by atoms with van der Waals surface area (Å²) in [6.45, 7) is -3.05. The molecule has 0 radical (unpaired) electrons. The number of rotatable bonds is 7. The smallest absolute Gasteiger partial charge is 0.387 e. The predicted octanol–water partition coefficient (Wildman–Crippen LogP) is 2.88. The van der Waals surface area contributed by atoms with Crippen LogP contribution in [0, 0.1) is 5.41 Å². The number of alkyl halides is 2. The zero-order chi connectivity index (χ0) is 17.0. The highest BCUT2D eigenvalue weighted by molar-refractivity contribution is 5.95. The Bertz CT molecular complexity index is 602. The van der Waals surface area contributed by atoms with Gasteiger partial charge in [0.25, 0.3) is 0 Å². The van der Waals surface area contributed by atoms with Crippen LogP contribution in [-0.2, 0) is 9.59 Å². The summed E-state index contributed by atoms with van der Waals surface area (Å²) in [6.07, 6.45) is 1.38. The van der Waals surface area contributed by atoms with Crippen molar-refractivity contribution in [1.29, 1.82) is 0 Å². The van der Waals surface area contributed by atoms with Crippen molar-refractivity contribution in [3.8, 4) is 11.5 Å². The summed E-state index contributed by atoms with van der Waals surface area (Å²) in [5, 5.41) is 11.7. The maximum Gasteiger partial charge on any atom is 0.387 e. The monoisotopic (exact) mass is 329 g/mol. The van der Waals surface area contributed by atoms with E-state index in [0.29, 0.717) is 18.6 Å². The largest absolute Gasteiger partial charge is 0.497 e. The summed E-state index contributed by atoms with van der Waals surface area (Å²) in [7, 11) is 1.39. The summed E-state index contributed by atoms with van der Waals surface area (Å²) in [5.74, 6) is -1.46. The second-order valence-electron chi connectivity index (χ2n) is 5.40. The molecule has 126 valence electrons. The van der Waals surface area contributed by atoms with Crippen LogP contribution in [-0.4, -0.2) is 30.7 Å². The number of carbonyl (C=O) groups is 2. The minimum absolute atomic E-state index is 0.00881. The topological polar surface area (TPSA) is 84.9 Å². The Morgan fingerprint density at radius 2 is 2.09 bits per heavy atom. The first-order chi connectivity index (χ1) is 10.9. The SMILES string of the molecule is COc1ccc(OC(F)F)c(NC(=O)CC2(C(=O)O)CCC2)c1. The molecule has 23 heavy (non-hydrogen) atoms. The molecule has 1 aromatic carbocycles. The third-order valence-electron chi connectivity index (χ3n) is 3.94. The van der Waals surface area contributed by atoms with Gasteiger partial charge in [-0.15, -0.1) is 0 Å². The number of carboxylic acid groups (broad SMARTS) is 1. The zero-order valence-corrected chi connectivity index (χ0v) is 12.5. The van der Waals surface area contributed by atoms with Crippen molar-refractivity contribution >= 4 is 17.6 Å². The van der Waals surface area contributed by atoms with Crippen LogP contribution < -0.4 is 14.8 Å². The number of amides is 1. The third kappa shape index (κ3) is 3.88. The number of benzene rings is 1. The van der Waals surface area contributed by atoms with Gasteiger partial charge in [0.05, 0.1) is 18.2 Å². The third-order valence-corrected chi connectivity index (χ3v) is 3.94. The van der Waals surface area contributed by atoms with Gasteiger partial charge in [0.2, 0.25) is 5.91 Å². The van der Waals surface area contributed by atoms with E-state index >= 15 is 0 Å². The minimum Gasteiger partial charge on any atom is -0.497 e. The lowest BCUT2D eigenvalue weighted by molar-refractivity contribution is -0.157. The van der Waals surface area contributed by atoms with Crippen LogP contribution in [0.4, 0.5) is 14.5 Å². The molecule has 0 unspecified atom stereocenters. The molecule has 0 aromatic heterocycles. The maximum atomic E-state index is 12.4. The van der Waals surface area contributed by atoms with Crippen molar-refractivity contribution in [2.45, 2.75) is 32.3 Å². The molecule has 0 heterocycles. The van der Waals surface area contributed by atoms with E-state index in [0.717, 1.165) is 6.42 Å². The fraction of sp³-hybridized carbons (Fsp3) is 0.467. The summed E-state index contributed by atoms with van der Waals surface area (Å²) in [6, 6.07) is 4.00. The molecule has 6 nitrogen and oxygen atoms in total. The van der Waals surface area contributed by atoms with Crippen LogP contribution in [0.15, 0.2) is 18.2 Å². The number of hydrogen-bond donors (Lipinski definition) is 2. The van der Waals surface area contributed by atoms with Crippen LogP contribution >= 0.6 is 0 Å². The van der Waals surface area contributed by atoms with Gasteiger partial charge in [-0.2, -0.15) is 8.78 Å². The van der Waals surface area contributed by atoms with Crippen LogP contribution in [0.1, 0.15) is 25.7 Å². The Kier molecular flexibility index (Phi) is 5.02. The fourth-order valence-corrected chi connectivity index (χ4v) is 2.50. The molecule has 8 heteroatoms. The highest BCUT2D eigenvalue weighted by atomic mass is 19.3. The Balaban J connectivity index is 2.14. The van der Waals surface area contributed by atoms with Gasteiger partial charge in [-0.05, 0) is 25.0 Å². The van der Waals surface area contributed by atoms with E-state index in [1.807, 2.05) is 0 Å². The first-order valence-corrected chi connectivity index (χ1v) is 7.02. The van der Waals surface area contributed by atoms with E-state index in [2.05, 4.69) is 10.1 Å². The van der Waals surface area contributed by atoms with E-state index in [-0.39, 0.29) is 17.9 Å². The molecule has 1 amide bonds. The molecular weight excluding hydrogens is 312 g/mol. The average molecular weight is 329 g/mol. The molecule has 1 aliphatic rings. The molecule has 1 aliphatic carbocycles. The van der Waals surface area contributed by atoms with Gasteiger partial charge in [-0.1, -0.05) is 6.42 Å². The Morgan fingerprint density at radius 3 is 2.57 bits per heavy atom. The summed E-state index contributed by atoms with van der Waals surface area (Å²) >= 11 is 0. The maximum absolute atomic E-state index is 12.4. The molecular formula is C15H17F2NO5. The number of carboxylic acids is 1. The highest BCUT2D eigenvalue weighted by Crippen LogP contribution is 2.44. The van der Waals surface area contributed by atoms with Gasteiger partial charge >= 0.3 is 12.6 Å². The Labute approximate surface area is 131 Å². The summed E-state index contributed by atoms with van der Waals surface area (Å²) < 4.78 is 34.2. The van der Waals surface area contributed by atoms with Crippen molar-refractivity contribution in [2.75, 3.05) is 12.4 Å².